The highest BCUT2D eigenvalue weighted by molar-refractivity contribution is 6.02. The van der Waals surface area contributed by atoms with Crippen LogP contribution < -0.4 is 10.5 Å². The van der Waals surface area contributed by atoms with Gasteiger partial charge in [0.1, 0.15) is 11.5 Å². The van der Waals surface area contributed by atoms with Crippen LogP contribution in [-0.2, 0) is 0 Å². The lowest BCUT2D eigenvalue weighted by molar-refractivity contribution is 0.0890. The summed E-state index contributed by atoms with van der Waals surface area (Å²) in [7, 11) is 0. The van der Waals surface area contributed by atoms with Gasteiger partial charge in [0.2, 0.25) is 0 Å². The van der Waals surface area contributed by atoms with E-state index in [2.05, 4.69) is 0 Å². The van der Waals surface area contributed by atoms with E-state index in [0.29, 0.717) is 17.0 Å². The van der Waals surface area contributed by atoms with Crippen LogP contribution in [0.2, 0.25) is 0 Å². The number of benzene rings is 2. The fourth-order valence-corrected chi connectivity index (χ4v) is 3.23. The van der Waals surface area contributed by atoms with Crippen LogP contribution in [0.4, 0.5) is 5.69 Å². The second-order valence-electron chi connectivity index (χ2n) is 6.32. The first-order valence-electron chi connectivity index (χ1n) is 8.32. The molecule has 2 aromatic rings. The summed E-state index contributed by atoms with van der Waals surface area (Å²) < 4.78 is 5.93. The zero-order valence-electron chi connectivity index (χ0n) is 13.5. The Morgan fingerprint density at radius 1 is 1.09 bits per heavy atom. The van der Waals surface area contributed by atoms with E-state index < -0.39 is 0 Å². The Kier molecular flexibility index (Phi) is 4.65. The van der Waals surface area contributed by atoms with E-state index in [4.69, 9.17) is 10.5 Å². The third-order valence-electron chi connectivity index (χ3n) is 4.56. The van der Waals surface area contributed by atoms with Crippen molar-refractivity contribution in [2.24, 2.45) is 5.92 Å². The fraction of sp³-hybridized carbons (Fsp3) is 0.350. The Labute approximate surface area is 137 Å². The maximum Gasteiger partial charge on any atom is 0.168 e. The van der Waals surface area contributed by atoms with Gasteiger partial charge in [-0.25, -0.2) is 0 Å². The third kappa shape index (κ3) is 3.55. The van der Waals surface area contributed by atoms with Crippen LogP contribution in [0.15, 0.2) is 42.5 Å². The number of aryl methyl sites for hydroxylation is 1. The molecule has 3 heteroatoms. The number of hydrogen-bond donors (Lipinski definition) is 1. The van der Waals surface area contributed by atoms with Gasteiger partial charge in [-0.15, -0.1) is 0 Å². The molecule has 3 nitrogen and oxygen atoms in total. The molecule has 120 valence electrons. The number of para-hydroxylation sites is 1. The smallest absolute Gasteiger partial charge is 0.168 e. The lowest BCUT2D eigenvalue weighted by Crippen LogP contribution is -2.19. The average Bonchev–Trinajstić information content (AvgIpc) is 2.58. The molecule has 0 unspecified atom stereocenters. The van der Waals surface area contributed by atoms with Crippen molar-refractivity contribution in [2.75, 3.05) is 5.73 Å². The van der Waals surface area contributed by atoms with Crippen molar-refractivity contribution in [3.63, 3.8) is 0 Å². The quantitative estimate of drug-likeness (QED) is 0.629. The van der Waals surface area contributed by atoms with Crippen LogP contribution >= 0.6 is 0 Å². The van der Waals surface area contributed by atoms with E-state index >= 15 is 0 Å². The van der Waals surface area contributed by atoms with Gasteiger partial charge in [-0.2, -0.15) is 0 Å². The Morgan fingerprint density at radius 3 is 2.48 bits per heavy atom. The van der Waals surface area contributed by atoms with Crippen LogP contribution in [0.25, 0.3) is 0 Å². The summed E-state index contributed by atoms with van der Waals surface area (Å²) in [5, 5.41) is 0. The molecule has 23 heavy (non-hydrogen) atoms. The van der Waals surface area contributed by atoms with Crippen molar-refractivity contribution in [1.82, 2.24) is 0 Å². The third-order valence-corrected chi connectivity index (χ3v) is 4.56. The molecule has 0 heterocycles. The van der Waals surface area contributed by atoms with Gasteiger partial charge in [-0.1, -0.05) is 37.5 Å². The normalized spacial score (nSPS) is 15.3. The first-order chi connectivity index (χ1) is 11.1. The van der Waals surface area contributed by atoms with Gasteiger partial charge < -0.3 is 10.5 Å². The molecule has 2 N–H and O–H groups in total. The number of hydrogen-bond acceptors (Lipinski definition) is 3. The number of rotatable bonds is 4. The second kappa shape index (κ2) is 6.86. The van der Waals surface area contributed by atoms with Crippen molar-refractivity contribution >= 4 is 11.5 Å². The molecule has 3 rings (SSSR count). The van der Waals surface area contributed by atoms with Crippen LogP contribution in [-0.4, -0.2) is 5.78 Å². The molecular weight excluding hydrogens is 286 g/mol. The summed E-state index contributed by atoms with van der Waals surface area (Å²) in [5.41, 5.74) is 8.21. The zero-order chi connectivity index (χ0) is 16.2. The monoisotopic (exact) mass is 309 g/mol. The minimum Gasteiger partial charge on any atom is -0.457 e. The molecule has 0 saturated heterocycles. The van der Waals surface area contributed by atoms with Crippen molar-refractivity contribution < 1.29 is 9.53 Å². The molecular formula is C20H23NO2. The molecule has 1 saturated carbocycles. The van der Waals surface area contributed by atoms with Crippen molar-refractivity contribution in [1.29, 1.82) is 0 Å². The molecule has 1 aliphatic carbocycles. The number of carbonyl (C=O) groups is 1. The van der Waals surface area contributed by atoms with E-state index in [1.807, 2.05) is 49.4 Å². The van der Waals surface area contributed by atoms with E-state index in [0.717, 1.165) is 37.0 Å². The maximum atomic E-state index is 12.8. The Morgan fingerprint density at radius 2 is 1.78 bits per heavy atom. The molecule has 0 aromatic heterocycles. The molecule has 0 aliphatic heterocycles. The summed E-state index contributed by atoms with van der Waals surface area (Å²) in [6.07, 6.45) is 5.45. The molecule has 0 atom stereocenters. The van der Waals surface area contributed by atoms with Crippen molar-refractivity contribution in [3.8, 4) is 11.5 Å². The number of ketones is 1. The number of ether oxygens (including phenoxy) is 1. The predicted molar refractivity (Wildman–Crippen MR) is 93.0 cm³/mol. The number of anilines is 1. The van der Waals surface area contributed by atoms with E-state index in [9.17, 15) is 4.79 Å². The summed E-state index contributed by atoms with van der Waals surface area (Å²) in [6.45, 7) is 1.95. The van der Waals surface area contributed by atoms with Gasteiger partial charge in [-0.3, -0.25) is 4.79 Å². The van der Waals surface area contributed by atoms with Gasteiger partial charge in [0.05, 0.1) is 0 Å². The van der Waals surface area contributed by atoms with Gasteiger partial charge in [-0.05, 0) is 49.6 Å². The molecule has 2 aromatic carbocycles. The minimum absolute atomic E-state index is 0.110. The van der Waals surface area contributed by atoms with Gasteiger partial charge >= 0.3 is 0 Å². The highest BCUT2D eigenvalue weighted by Crippen LogP contribution is 2.33. The van der Waals surface area contributed by atoms with Gasteiger partial charge in [0.25, 0.3) is 0 Å². The summed E-state index contributed by atoms with van der Waals surface area (Å²) in [4.78, 5) is 12.8. The van der Waals surface area contributed by atoms with Crippen molar-refractivity contribution in [3.05, 3.63) is 53.6 Å². The highest BCUT2D eigenvalue weighted by atomic mass is 16.5. The molecule has 1 aliphatic rings. The predicted octanol–water partition coefficient (Wildman–Crippen LogP) is 5.13. The van der Waals surface area contributed by atoms with E-state index in [1.165, 1.54) is 6.42 Å². The Bertz CT molecular complexity index is 688. The minimum atomic E-state index is 0.110. The van der Waals surface area contributed by atoms with Crippen LogP contribution in [0.5, 0.6) is 11.5 Å². The summed E-state index contributed by atoms with van der Waals surface area (Å²) in [6, 6.07) is 13.3. The molecule has 0 radical (unpaired) electrons. The number of nitrogens with two attached hydrogens (primary N) is 1. The first-order valence-corrected chi connectivity index (χ1v) is 8.32. The number of carbonyl (C=O) groups excluding carboxylic acids is 1. The molecule has 0 amide bonds. The largest absolute Gasteiger partial charge is 0.457 e. The zero-order valence-corrected chi connectivity index (χ0v) is 13.5. The molecule has 1 fully saturated rings. The fourth-order valence-electron chi connectivity index (χ4n) is 3.23. The molecule has 0 spiro atoms. The lowest BCUT2D eigenvalue weighted by atomic mass is 9.83. The highest BCUT2D eigenvalue weighted by Gasteiger charge is 2.24. The molecule has 0 bridgehead atoms. The maximum absolute atomic E-state index is 12.8. The summed E-state index contributed by atoms with van der Waals surface area (Å²) in [5.74, 6) is 1.74. The number of nitrogen functional groups attached to an aromatic ring is 1. The van der Waals surface area contributed by atoms with E-state index in [-0.39, 0.29) is 11.7 Å². The second-order valence-corrected chi connectivity index (χ2v) is 6.32. The van der Waals surface area contributed by atoms with Gasteiger partial charge in [0, 0.05) is 17.2 Å². The first kappa shape index (κ1) is 15.6. The van der Waals surface area contributed by atoms with Crippen molar-refractivity contribution in [2.45, 2.75) is 39.0 Å². The Hall–Kier alpha value is -2.29. The standard InChI is InChI=1S/C20H23NO2/c1-14-12-18(21)17(20(22)15-8-4-2-5-9-15)13-19(14)23-16-10-6-3-7-11-16/h3,6-7,10-13,15H,2,4-5,8-9,21H2,1H3. The van der Waals surface area contributed by atoms with Crippen LogP contribution in [0.3, 0.4) is 0 Å². The number of Topliss-reactive ketones (excluding diaryl/α,β-unsaturated/α-hetero) is 1. The lowest BCUT2D eigenvalue weighted by Gasteiger charge is -2.21. The average molecular weight is 309 g/mol. The Balaban J connectivity index is 1.88. The van der Waals surface area contributed by atoms with Gasteiger partial charge in [0.15, 0.2) is 5.78 Å². The summed E-state index contributed by atoms with van der Waals surface area (Å²) >= 11 is 0. The topological polar surface area (TPSA) is 52.3 Å². The van der Waals surface area contributed by atoms with Crippen LogP contribution in [0.1, 0.15) is 48.0 Å². The SMILES string of the molecule is Cc1cc(N)c(C(=O)C2CCCCC2)cc1Oc1ccccc1. The van der Waals surface area contributed by atoms with E-state index in [1.54, 1.807) is 0 Å². The van der Waals surface area contributed by atoms with Crippen LogP contribution in [0, 0.1) is 12.8 Å².